The van der Waals surface area contributed by atoms with Gasteiger partial charge in [-0.05, 0) is 58.8 Å². The molecule has 1 saturated carbocycles. The van der Waals surface area contributed by atoms with Crippen LogP contribution in [0.1, 0.15) is 56.7 Å². The molecule has 0 atom stereocenters. The summed E-state index contributed by atoms with van der Waals surface area (Å²) in [7, 11) is 5.89. The molecule has 1 N–H and O–H groups in total. The van der Waals surface area contributed by atoms with Crippen molar-refractivity contribution in [1.29, 1.82) is 0 Å². The van der Waals surface area contributed by atoms with E-state index >= 15 is 0 Å². The highest BCUT2D eigenvalue weighted by atomic mass is 16.5. The Morgan fingerprint density at radius 2 is 1.79 bits per heavy atom. The number of ether oxygens (including phenoxy) is 1. The molecule has 3 aromatic heterocycles. The van der Waals surface area contributed by atoms with Gasteiger partial charge in [0.2, 0.25) is 5.88 Å². The van der Waals surface area contributed by atoms with E-state index in [9.17, 15) is 4.79 Å². The summed E-state index contributed by atoms with van der Waals surface area (Å²) in [5, 5.41) is 4.72. The Kier molecular flexibility index (Phi) is 6.29. The lowest BCUT2D eigenvalue weighted by Gasteiger charge is -2.35. The zero-order valence-corrected chi connectivity index (χ0v) is 20.7. The van der Waals surface area contributed by atoms with Crippen LogP contribution in [-0.2, 0) is 0 Å². The molecular formula is C25H35N7O2. The molecular weight excluding hydrogens is 430 g/mol. The Morgan fingerprint density at radius 1 is 1.06 bits per heavy atom. The fraction of sp³-hybridized carbons (Fsp3) is 0.600. The quantitative estimate of drug-likeness (QED) is 0.616. The van der Waals surface area contributed by atoms with Crippen molar-refractivity contribution in [3.63, 3.8) is 0 Å². The van der Waals surface area contributed by atoms with Crippen LogP contribution in [0.5, 0.6) is 5.88 Å². The molecule has 0 unspecified atom stereocenters. The standard InChI is InChI=1S/C25H35N7O2/c1-16-21-22(32(29-16)18-8-6-5-7-9-18)24(33)28-23(27-21)19-10-11-20(26-25(19)34-4)31-14-12-17(13-15-31)30(2)3/h10-11,17-18H,5-9,12-15H2,1-4H3,(H,27,28,33). The van der Waals surface area contributed by atoms with E-state index in [1.54, 1.807) is 7.11 Å². The van der Waals surface area contributed by atoms with Gasteiger partial charge < -0.3 is 19.5 Å². The number of rotatable bonds is 5. The Bertz CT molecular complexity index is 1220. The first-order chi connectivity index (χ1) is 16.5. The van der Waals surface area contributed by atoms with Crippen molar-refractivity contribution in [2.45, 2.75) is 64.0 Å². The molecule has 9 nitrogen and oxygen atoms in total. The van der Waals surface area contributed by atoms with Crippen LogP contribution >= 0.6 is 0 Å². The molecule has 9 heteroatoms. The number of fused-ring (bicyclic) bond motifs is 1. The van der Waals surface area contributed by atoms with Gasteiger partial charge in [0.25, 0.3) is 5.56 Å². The molecule has 3 aromatic rings. The van der Waals surface area contributed by atoms with Crippen LogP contribution in [0.25, 0.3) is 22.4 Å². The number of methoxy groups -OCH3 is 1. The monoisotopic (exact) mass is 465 g/mol. The molecule has 1 aliphatic heterocycles. The number of aryl methyl sites for hydroxylation is 1. The van der Waals surface area contributed by atoms with Crippen molar-refractivity contribution in [3.05, 3.63) is 28.2 Å². The van der Waals surface area contributed by atoms with Crippen LogP contribution in [0.2, 0.25) is 0 Å². The topological polar surface area (TPSA) is 92.2 Å². The number of nitrogens with one attached hydrogen (secondary N) is 1. The summed E-state index contributed by atoms with van der Waals surface area (Å²) in [6.45, 7) is 3.84. The minimum Gasteiger partial charge on any atom is -0.480 e. The van der Waals surface area contributed by atoms with Crippen molar-refractivity contribution in [2.75, 3.05) is 39.2 Å². The van der Waals surface area contributed by atoms with Gasteiger partial charge in [-0.3, -0.25) is 9.48 Å². The predicted molar refractivity (Wildman–Crippen MR) is 134 cm³/mol. The lowest BCUT2D eigenvalue weighted by molar-refractivity contribution is 0.249. The third-order valence-corrected chi connectivity index (χ3v) is 7.46. The number of nitrogens with zero attached hydrogens (tertiary/aromatic N) is 6. The molecule has 182 valence electrons. The maximum Gasteiger partial charge on any atom is 0.277 e. The van der Waals surface area contributed by atoms with Crippen LogP contribution < -0.4 is 15.2 Å². The molecule has 0 radical (unpaired) electrons. The van der Waals surface area contributed by atoms with Gasteiger partial charge in [-0.15, -0.1) is 0 Å². The highest BCUT2D eigenvalue weighted by Crippen LogP contribution is 2.32. The number of aromatic nitrogens is 5. The Balaban J connectivity index is 1.47. The van der Waals surface area contributed by atoms with Crippen molar-refractivity contribution in [1.82, 2.24) is 29.6 Å². The van der Waals surface area contributed by atoms with E-state index in [1.807, 2.05) is 23.7 Å². The molecule has 1 saturated heterocycles. The van der Waals surface area contributed by atoms with Gasteiger partial charge in [0, 0.05) is 19.1 Å². The van der Waals surface area contributed by atoms with E-state index in [-0.39, 0.29) is 11.6 Å². The highest BCUT2D eigenvalue weighted by Gasteiger charge is 2.25. The average Bonchev–Trinajstić information content (AvgIpc) is 3.21. The zero-order valence-electron chi connectivity index (χ0n) is 20.7. The second kappa shape index (κ2) is 9.37. The molecule has 34 heavy (non-hydrogen) atoms. The minimum absolute atomic E-state index is 0.164. The number of H-pyrrole nitrogens is 1. The normalized spacial score (nSPS) is 18.2. The van der Waals surface area contributed by atoms with Crippen molar-refractivity contribution < 1.29 is 4.74 Å². The van der Waals surface area contributed by atoms with Gasteiger partial charge in [0.1, 0.15) is 17.2 Å². The van der Waals surface area contributed by atoms with Crippen LogP contribution in [0.4, 0.5) is 5.82 Å². The Labute approximate surface area is 200 Å². The third kappa shape index (κ3) is 4.17. The third-order valence-electron chi connectivity index (χ3n) is 7.46. The van der Waals surface area contributed by atoms with Crippen LogP contribution in [0.3, 0.4) is 0 Å². The van der Waals surface area contributed by atoms with Crippen molar-refractivity contribution in [3.8, 4) is 17.3 Å². The van der Waals surface area contributed by atoms with Gasteiger partial charge >= 0.3 is 0 Å². The van der Waals surface area contributed by atoms with Crippen LogP contribution in [-0.4, -0.2) is 70.0 Å². The number of pyridine rings is 1. The lowest BCUT2D eigenvalue weighted by atomic mass is 9.95. The van der Waals surface area contributed by atoms with Crippen molar-refractivity contribution >= 4 is 16.9 Å². The van der Waals surface area contributed by atoms with Gasteiger partial charge in [-0.2, -0.15) is 10.1 Å². The second-order valence-electron chi connectivity index (χ2n) is 9.84. The molecule has 5 rings (SSSR count). The van der Waals surface area contributed by atoms with Crippen molar-refractivity contribution in [2.24, 2.45) is 0 Å². The van der Waals surface area contributed by atoms with E-state index < -0.39 is 0 Å². The summed E-state index contributed by atoms with van der Waals surface area (Å²) in [5.74, 6) is 1.82. The predicted octanol–water partition coefficient (Wildman–Crippen LogP) is 3.53. The smallest absolute Gasteiger partial charge is 0.277 e. The van der Waals surface area contributed by atoms with E-state index in [4.69, 9.17) is 19.8 Å². The SMILES string of the molecule is COc1nc(N2CCC(N(C)C)CC2)ccc1-c1nc2c(C)nn(C3CCCCC3)c2c(=O)[nH]1. The summed E-state index contributed by atoms with van der Waals surface area (Å²) < 4.78 is 7.56. The Morgan fingerprint density at radius 3 is 2.47 bits per heavy atom. The number of anilines is 1. The number of aromatic amines is 1. The molecule has 4 heterocycles. The van der Waals surface area contributed by atoms with E-state index in [0.717, 1.165) is 50.3 Å². The van der Waals surface area contributed by atoms with E-state index in [0.29, 0.717) is 34.3 Å². The molecule has 2 aliphatic rings. The molecule has 2 fully saturated rings. The summed E-state index contributed by atoms with van der Waals surface area (Å²) in [5.41, 5.74) is 2.52. The molecule has 0 spiro atoms. The van der Waals surface area contributed by atoms with Gasteiger partial charge in [0.15, 0.2) is 5.52 Å². The first-order valence-corrected chi connectivity index (χ1v) is 12.4. The largest absolute Gasteiger partial charge is 0.480 e. The molecule has 0 bridgehead atoms. The highest BCUT2D eigenvalue weighted by molar-refractivity contribution is 5.79. The van der Waals surface area contributed by atoms with E-state index in [1.165, 1.54) is 19.3 Å². The number of hydrogen-bond donors (Lipinski definition) is 1. The average molecular weight is 466 g/mol. The second-order valence-corrected chi connectivity index (χ2v) is 9.84. The first-order valence-electron chi connectivity index (χ1n) is 12.4. The Hall–Kier alpha value is -2.94. The fourth-order valence-corrected chi connectivity index (χ4v) is 5.46. The summed E-state index contributed by atoms with van der Waals surface area (Å²) >= 11 is 0. The number of piperidine rings is 1. The molecule has 0 amide bonds. The van der Waals surface area contributed by atoms with Gasteiger partial charge in [-0.1, -0.05) is 19.3 Å². The summed E-state index contributed by atoms with van der Waals surface area (Å²) in [6.07, 6.45) is 7.94. The van der Waals surface area contributed by atoms with Crippen LogP contribution in [0.15, 0.2) is 16.9 Å². The number of hydrogen-bond acceptors (Lipinski definition) is 7. The van der Waals surface area contributed by atoms with Gasteiger partial charge in [-0.25, -0.2) is 4.98 Å². The molecule has 0 aromatic carbocycles. The summed E-state index contributed by atoms with van der Waals surface area (Å²) in [6, 6.07) is 4.82. The molecule has 1 aliphatic carbocycles. The summed E-state index contributed by atoms with van der Waals surface area (Å²) in [4.78, 5) is 30.4. The van der Waals surface area contributed by atoms with E-state index in [2.05, 4.69) is 28.9 Å². The fourth-order valence-electron chi connectivity index (χ4n) is 5.46. The van der Waals surface area contributed by atoms with Crippen LogP contribution in [0, 0.1) is 6.92 Å². The van der Waals surface area contributed by atoms with Gasteiger partial charge in [0.05, 0.1) is 24.4 Å². The first kappa shape index (κ1) is 22.8. The lowest BCUT2D eigenvalue weighted by Crippen LogP contribution is -2.42. The zero-order chi connectivity index (χ0) is 23.8. The minimum atomic E-state index is -0.164. The maximum atomic E-state index is 13.2. The maximum absolute atomic E-state index is 13.2.